The highest BCUT2D eigenvalue weighted by Crippen LogP contribution is 2.34. The first kappa shape index (κ1) is 16.4. The highest BCUT2D eigenvalue weighted by atomic mass is 35.5. The molecule has 0 radical (unpaired) electrons. The lowest BCUT2D eigenvalue weighted by atomic mass is 9.92. The van der Waals surface area contributed by atoms with Gasteiger partial charge in [-0.05, 0) is 61.2 Å². The zero-order chi connectivity index (χ0) is 17.4. The molecular weight excluding hydrogens is 332 g/mol. The third-order valence-electron chi connectivity index (χ3n) is 5.23. The lowest BCUT2D eigenvalue weighted by Gasteiger charge is -2.19. The van der Waals surface area contributed by atoms with Crippen molar-refractivity contribution >= 4 is 28.4 Å². The van der Waals surface area contributed by atoms with Crippen LogP contribution in [0.3, 0.4) is 0 Å². The molecule has 2 unspecified atom stereocenters. The monoisotopic (exact) mass is 352 g/mol. The lowest BCUT2D eigenvalue weighted by Crippen LogP contribution is -2.27. The minimum Gasteiger partial charge on any atom is -0.313 e. The van der Waals surface area contributed by atoms with E-state index in [9.17, 15) is 4.79 Å². The fourth-order valence-corrected chi connectivity index (χ4v) is 4.01. The van der Waals surface area contributed by atoms with Crippen LogP contribution in [0, 0.1) is 0 Å². The molecule has 128 valence electrons. The van der Waals surface area contributed by atoms with E-state index in [1.807, 2.05) is 54.7 Å². The number of rotatable bonds is 3. The number of benzene rings is 2. The molecule has 0 bridgehead atoms. The Labute approximate surface area is 152 Å². The molecule has 1 aliphatic rings. The van der Waals surface area contributed by atoms with Crippen LogP contribution in [0.25, 0.3) is 10.9 Å². The molecule has 3 aromatic rings. The van der Waals surface area contributed by atoms with Crippen molar-refractivity contribution in [1.29, 1.82) is 0 Å². The van der Waals surface area contributed by atoms with Crippen molar-refractivity contribution in [1.82, 2.24) is 9.88 Å². The minimum absolute atomic E-state index is 0.00856. The van der Waals surface area contributed by atoms with Gasteiger partial charge in [0.1, 0.15) is 0 Å². The molecule has 2 atom stereocenters. The van der Waals surface area contributed by atoms with Gasteiger partial charge in [-0.1, -0.05) is 36.7 Å². The molecular formula is C21H21ClN2O. The number of carbonyl (C=O) groups excluding carboxylic acids is 1. The van der Waals surface area contributed by atoms with E-state index in [1.54, 1.807) is 4.57 Å². The number of nitrogens with zero attached hydrogens (tertiary/aromatic N) is 1. The molecule has 1 aliphatic heterocycles. The average Bonchev–Trinajstić information content (AvgIpc) is 3.29. The van der Waals surface area contributed by atoms with Crippen molar-refractivity contribution in [3.63, 3.8) is 0 Å². The summed E-state index contributed by atoms with van der Waals surface area (Å²) < 4.78 is 1.77. The van der Waals surface area contributed by atoms with Crippen molar-refractivity contribution in [2.45, 2.75) is 31.7 Å². The van der Waals surface area contributed by atoms with Crippen LogP contribution in [0.2, 0.25) is 5.02 Å². The van der Waals surface area contributed by atoms with Gasteiger partial charge in [-0.3, -0.25) is 9.36 Å². The van der Waals surface area contributed by atoms with Crippen molar-refractivity contribution < 1.29 is 4.79 Å². The zero-order valence-corrected chi connectivity index (χ0v) is 15.0. The van der Waals surface area contributed by atoms with Gasteiger partial charge in [0.15, 0.2) is 0 Å². The summed E-state index contributed by atoms with van der Waals surface area (Å²) >= 11 is 6.25. The molecule has 0 spiro atoms. The summed E-state index contributed by atoms with van der Waals surface area (Å²) in [6.45, 7) is 3.30. The first-order chi connectivity index (χ1) is 12.1. The zero-order valence-electron chi connectivity index (χ0n) is 14.2. The summed E-state index contributed by atoms with van der Waals surface area (Å²) in [6, 6.07) is 15.6. The smallest absolute Gasteiger partial charge is 0.262 e. The molecule has 0 saturated carbocycles. The van der Waals surface area contributed by atoms with Crippen LogP contribution >= 0.6 is 11.6 Å². The van der Waals surface area contributed by atoms with Crippen molar-refractivity contribution in [2.24, 2.45) is 0 Å². The van der Waals surface area contributed by atoms with Crippen LogP contribution in [0.5, 0.6) is 0 Å². The second-order valence-corrected chi connectivity index (χ2v) is 7.22. The number of carbonyl (C=O) groups is 1. The van der Waals surface area contributed by atoms with Gasteiger partial charge in [0, 0.05) is 28.2 Å². The standard InChI is InChI=1S/C21H21ClN2O/c1-14(19-8-5-11-23-19)18-13-24(20-10-9-16(22)12-17(18)20)21(25)15-6-3-2-4-7-15/h2-4,6-7,9-10,12-14,19,23H,5,8,11H2,1H3. The van der Waals surface area contributed by atoms with E-state index >= 15 is 0 Å². The van der Waals surface area contributed by atoms with Crippen LogP contribution in [0.1, 0.15) is 41.6 Å². The normalized spacial score (nSPS) is 18.6. The number of aromatic nitrogens is 1. The second-order valence-electron chi connectivity index (χ2n) is 6.78. The van der Waals surface area contributed by atoms with E-state index in [0.29, 0.717) is 22.5 Å². The molecule has 3 nitrogen and oxygen atoms in total. The van der Waals surface area contributed by atoms with Crippen molar-refractivity contribution in [3.05, 3.63) is 70.9 Å². The highest BCUT2D eigenvalue weighted by molar-refractivity contribution is 6.31. The maximum atomic E-state index is 13.0. The predicted molar refractivity (Wildman–Crippen MR) is 103 cm³/mol. The molecule has 4 heteroatoms. The molecule has 25 heavy (non-hydrogen) atoms. The SMILES string of the molecule is CC(c1cn(C(=O)c2ccccc2)c2ccc(Cl)cc12)C1CCCN1. The molecule has 4 rings (SSSR count). The van der Waals surface area contributed by atoms with E-state index in [0.717, 1.165) is 17.4 Å². The molecule has 1 fully saturated rings. The van der Waals surface area contributed by atoms with Crippen LogP contribution in [-0.4, -0.2) is 23.1 Å². The number of hydrogen-bond acceptors (Lipinski definition) is 2. The number of nitrogens with one attached hydrogen (secondary N) is 1. The van der Waals surface area contributed by atoms with Gasteiger partial charge < -0.3 is 5.32 Å². The molecule has 1 aromatic heterocycles. The summed E-state index contributed by atoms with van der Waals surface area (Å²) in [6.07, 6.45) is 4.37. The third kappa shape index (κ3) is 2.99. The summed E-state index contributed by atoms with van der Waals surface area (Å²) in [5.74, 6) is 0.319. The largest absolute Gasteiger partial charge is 0.313 e. The molecule has 1 saturated heterocycles. The Morgan fingerprint density at radius 2 is 2.04 bits per heavy atom. The molecule has 0 aliphatic carbocycles. The van der Waals surface area contributed by atoms with Crippen molar-refractivity contribution in [3.8, 4) is 0 Å². The maximum Gasteiger partial charge on any atom is 0.262 e. The first-order valence-corrected chi connectivity index (χ1v) is 9.16. The lowest BCUT2D eigenvalue weighted by molar-refractivity contribution is 0.0964. The van der Waals surface area contributed by atoms with E-state index in [4.69, 9.17) is 11.6 Å². The Kier molecular flexibility index (Phi) is 4.36. The van der Waals surface area contributed by atoms with E-state index < -0.39 is 0 Å². The Balaban J connectivity index is 1.84. The van der Waals surface area contributed by atoms with Gasteiger partial charge in [0.2, 0.25) is 0 Å². The number of fused-ring (bicyclic) bond motifs is 1. The van der Waals surface area contributed by atoms with Crippen LogP contribution < -0.4 is 5.32 Å². The van der Waals surface area contributed by atoms with Gasteiger partial charge in [0.25, 0.3) is 5.91 Å². The van der Waals surface area contributed by atoms with Gasteiger partial charge in [-0.15, -0.1) is 0 Å². The Morgan fingerprint density at radius 3 is 2.76 bits per heavy atom. The van der Waals surface area contributed by atoms with E-state index in [2.05, 4.69) is 12.2 Å². The van der Waals surface area contributed by atoms with Gasteiger partial charge >= 0.3 is 0 Å². The van der Waals surface area contributed by atoms with Crippen LogP contribution in [-0.2, 0) is 0 Å². The van der Waals surface area contributed by atoms with Crippen LogP contribution in [0.4, 0.5) is 0 Å². The van der Waals surface area contributed by atoms with Crippen LogP contribution in [0.15, 0.2) is 54.7 Å². The Bertz CT molecular complexity index is 910. The summed E-state index contributed by atoms with van der Waals surface area (Å²) in [4.78, 5) is 13.0. The number of hydrogen-bond donors (Lipinski definition) is 1. The molecule has 2 aromatic carbocycles. The first-order valence-electron chi connectivity index (χ1n) is 8.79. The topological polar surface area (TPSA) is 34.0 Å². The second kappa shape index (κ2) is 6.66. The molecule has 2 heterocycles. The molecule has 1 N–H and O–H groups in total. The Morgan fingerprint density at radius 1 is 1.24 bits per heavy atom. The maximum absolute atomic E-state index is 13.0. The summed E-state index contributed by atoms with van der Waals surface area (Å²) in [5, 5.41) is 5.34. The van der Waals surface area contributed by atoms with E-state index in [1.165, 1.54) is 18.4 Å². The van der Waals surface area contributed by atoms with Gasteiger partial charge in [0.05, 0.1) is 5.52 Å². The average molecular weight is 353 g/mol. The summed E-state index contributed by atoms with van der Waals surface area (Å²) in [5.41, 5.74) is 2.78. The highest BCUT2D eigenvalue weighted by Gasteiger charge is 2.26. The quantitative estimate of drug-likeness (QED) is 0.731. The predicted octanol–water partition coefficient (Wildman–Crippen LogP) is 4.84. The van der Waals surface area contributed by atoms with Gasteiger partial charge in [-0.25, -0.2) is 0 Å². The third-order valence-corrected chi connectivity index (χ3v) is 5.46. The number of halogens is 1. The Hall–Kier alpha value is -2.10. The minimum atomic E-state index is -0.00856. The van der Waals surface area contributed by atoms with E-state index in [-0.39, 0.29) is 5.91 Å². The molecule has 0 amide bonds. The summed E-state index contributed by atoms with van der Waals surface area (Å²) in [7, 11) is 0. The van der Waals surface area contributed by atoms with Crippen molar-refractivity contribution in [2.75, 3.05) is 6.54 Å². The van der Waals surface area contributed by atoms with Gasteiger partial charge in [-0.2, -0.15) is 0 Å². The fourth-order valence-electron chi connectivity index (χ4n) is 3.83. The fraction of sp³-hybridized carbons (Fsp3) is 0.286.